The van der Waals surface area contributed by atoms with E-state index in [9.17, 15) is 0 Å². The first kappa shape index (κ1) is 17.5. The molecule has 138 valence electrons. The molecule has 2 aromatic carbocycles. The first-order valence-corrected chi connectivity index (χ1v) is 9.44. The van der Waals surface area contributed by atoms with Crippen LogP contribution in [0.25, 0.3) is 11.3 Å². The average molecular weight is 359 g/mol. The molecule has 1 aliphatic heterocycles. The van der Waals surface area contributed by atoms with Gasteiger partial charge in [-0.2, -0.15) is 4.98 Å². The lowest BCUT2D eigenvalue weighted by atomic mass is 10.1. The molecule has 0 saturated carbocycles. The third-order valence-electron chi connectivity index (χ3n) is 4.89. The molecule has 5 heteroatoms. The maximum absolute atomic E-state index is 4.86. The smallest absolute Gasteiger partial charge is 0.227 e. The zero-order valence-electron chi connectivity index (χ0n) is 15.7. The molecule has 1 saturated heterocycles. The minimum atomic E-state index is 0.744. The first-order valence-electron chi connectivity index (χ1n) is 9.44. The number of aromatic nitrogens is 2. The van der Waals surface area contributed by atoms with E-state index in [4.69, 9.17) is 9.97 Å². The summed E-state index contributed by atoms with van der Waals surface area (Å²) >= 11 is 0. The molecule has 0 bridgehead atoms. The molecule has 1 aromatic heterocycles. The lowest BCUT2D eigenvalue weighted by Gasteiger charge is -2.32. The molecule has 1 aliphatic rings. The van der Waals surface area contributed by atoms with Crippen molar-refractivity contribution in [2.45, 2.75) is 6.54 Å². The fourth-order valence-corrected chi connectivity index (χ4v) is 3.22. The molecular weight excluding hydrogens is 334 g/mol. The van der Waals surface area contributed by atoms with Crippen molar-refractivity contribution in [3.63, 3.8) is 0 Å². The summed E-state index contributed by atoms with van der Waals surface area (Å²) in [6, 6.07) is 22.7. The van der Waals surface area contributed by atoms with E-state index in [-0.39, 0.29) is 0 Å². The summed E-state index contributed by atoms with van der Waals surface area (Å²) in [5.41, 5.74) is 3.30. The Morgan fingerprint density at radius 1 is 0.852 bits per heavy atom. The summed E-state index contributed by atoms with van der Waals surface area (Å²) < 4.78 is 0. The van der Waals surface area contributed by atoms with Crippen LogP contribution in [0.3, 0.4) is 0 Å². The van der Waals surface area contributed by atoms with E-state index < -0.39 is 0 Å². The Morgan fingerprint density at radius 3 is 2.22 bits per heavy atom. The Bertz CT molecular complexity index is 858. The standard InChI is InChI=1S/C22H25N5/c1-26-12-14-27(15-13-26)22-24-20(19-10-6-3-7-11-19)16-21(25-22)23-17-18-8-4-2-5-9-18/h2-11,16H,12-15,17H2,1H3,(H,23,24,25). The van der Waals surface area contributed by atoms with Crippen molar-refractivity contribution in [3.8, 4) is 11.3 Å². The van der Waals surface area contributed by atoms with Gasteiger partial charge in [-0.3, -0.25) is 0 Å². The van der Waals surface area contributed by atoms with E-state index in [1.807, 2.05) is 30.3 Å². The van der Waals surface area contributed by atoms with Crippen molar-refractivity contribution in [2.75, 3.05) is 43.4 Å². The van der Waals surface area contributed by atoms with Gasteiger partial charge in [-0.15, -0.1) is 0 Å². The number of hydrogen-bond acceptors (Lipinski definition) is 5. The van der Waals surface area contributed by atoms with E-state index in [0.29, 0.717) is 0 Å². The second kappa shape index (κ2) is 8.18. The fourth-order valence-electron chi connectivity index (χ4n) is 3.22. The van der Waals surface area contributed by atoms with E-state index in [1.54, 1.807) is 0 Å². The largest absolute Gasteiger partial charge is 0.366 e. The van der Waals surface area contributed by atoms with Crippen molar-refractivity contribution in [1.82, 2.24) is 14.9 Å². The molecule has 0 radical (unpaired) electrons. The number of nitrogens with one attached hydrogen (secondary N) is 1. The highest BCUT2D eigenvalue weighted by atomic mass is 15.3. The number of hydrogen-bond donors (Lipinski definition) is 1. The molecule has 0 atom stereocenters. The van der Waals surface area contributed by atoms with Crippen LogP contribution >= 0.6 is 0 Å². The highest BCUT2D eigenvalue weighted by molar-refractivity contribution is 5.64. The summed E-state index contributed by atoms with van der Waals surface area (Å²) in [5.74, 6) is 1.67. The number of piperazine rings is 1. The van der Waals surface area contributed by atoms with Gasteiger partial charge in [-0.25, -0.2) is 4.98 Å². The van der Waals surface area contributed by atoms with Gasteiger partial charge in [0.25, 0.3) is 0 Å². The van der Waals surface area contributed by atoms with E-state index in [0.717, 1.165) is 55.7 Å². The van der Waals surface area contributed by atoms with Crippen LogP contribution in [0.15, 0.2) is 66.7 Å². The Kier molecular flexibility index (Phi) is 5.30. The van der Waals surface area contributed by atoms with Crippen molar-refractivity contribution < 1.29 is 0 Å². The Hall–Kier alpha value is -2.92. The molecule has 0 amide bonds. The van der Waals surface area contributed by atoms with Crippen molar-refractivity contribution in [2.24, 2.45) is 0 Å². The summed E-state index contributed by atoms with van der Waals surface area (Å²) in [6.45, 7) is 4.71. The van der Waals surface area contributed by atoms with Crippen LogP contribution in [0, 0.1) is 0 Å². The first-order chi connectivity index (χ1) is 13.3. The minimum absolute atomic E-state index is 0.744. The third-order valence-corrected chi connectivity index (χ3v) is 4.89. The number of anilines is 2. The van der Waals surface area contributed by atoms with E-state index in [1.165, 1.54) is 5.56 Å². The van der Waals surface area contributed by atoms with Gasteiger partial charge in [0.1, 0.15) is 5.82 Å². The number of nitrogens with zero attached hydrogens (tertiary/aromatic N) is 4. The molecule has 2 heterocycles. The third kappa shape index (κ3) is 4.44. The maximum atomic E-state index is 4.86. The highest BCUT2D eigenvalue weighted by Gasteiger charge is 2.18. The molecule has 0 spiro atoms. The normalized spacial score (nSPS) is 14.9. The second-order valence-electron chi connectivity index (χ2n) is 6.93. The molecule has 0 unspecified atom stereocenters. The fraction of sp³-hybridized carbons (Fsp3) is 0.273. The van der Waals surface area contributed by atoms with Gasteiger partial charge < -0.3 is 15.1 Å². The molecule has 3 aromatic rings. The lowest BCUT2D eigenvalue weighted by Crippen LogP contribution is -2.45. The highest BCUT2D eigenvalue weighted by Crippen LogP contribution is 2.23. The van der Waals surface area contributed by atoms with E-state index >= 15 is 0 Å². The van der Waals surface area contributed by atoms with Crippen molar-refractivity contribution >= 4 is 11.8 Å². The van der Waals surface area contributed by atoms with Crippen LogP contribution in [0.2, 0.25) is 0 Å². The molecule has 1 N–H and O–H groups in total. The topological polar surface area (TPSA) is 44.3 Å². The van der Waals surface area contributed by atoms with Crippen LogP contribution in [0.1, 0.15) is 5.56 Å². The van der Waals surface area contributed by atoms with Crippen LogP contribution < -0.4 is 10.2 Å². The van der Waals surface area contributed by atoms with Crippen LogP contribution in [-0.4, -0.2) is 48.1 Å². The van der Waals surface area contributed by atoms with Gasteiger partial charge in [-0.05, 0) is 12.6 Å². The van der Waals surface area contributed by atoms with Crippen LogP contribution in [-0.2, 0) is 6.54 Å². The summed E-state index contributed by atoms with van der Waals surface area (Å²) in [7, 11) is 2.16. The van der Waals surface area contributed by atoms with Crippen molar-refractivity contribution in [1.29, 1.82) is 0 Å². The lowest BCUT2D eigenvalue weighted by molar-refractivity contribution is 0.311. The van der Waals surface area contributed by atoms with Gasteiger partial charge >= 0.3 is 0 Å². The predicted octanol–water partition coefficient (Wildman–Crippen LogP) is 3.51. The molecule has 1 fully saturated rings. The Balaban J connectivity index is 1.62. The zero-order valence-corrected chi connectivity index (χ0v) is 15.7. The molecule has 0 aliphatic carbocycles. The van der Waals surface area contributed by atoms with Gasteiger partial charge in [0.15, 0.2) is 0 Å². The van der Waals surface area contributed by atoms with Crippen molar-refractivity contribution in [3.05, 3.63) is 72.3 Å². The number of benzene rings is 2. The molecular formula is C22H25N5. The second-order valence-corrected chi connectivity index (χ2v) is 6.93. The maximum Gasteiger partial charge on any atom is 0.227 e. The summed E-state index contributed by atoms with van der Waals surface area (Å²) in [4.78, 5) is 14.3. The number of likely N-dealkylation sites (N-methyl/N-ethyl adjacent to an activating group) is 1. The van der Waals surface area contributed by atoms with Crippen LogP contribution in [0.4, 0.5) is 11.8 Å². The van der Waals surface area contributed by atoms with Gasteiger partial charge in [-0.1, -0.05) is 60.7 Å². The SMILES string of the molecule is CN1CCN(c2nc(NCc3ccccc3)cc(-c3ccccc3)n2)CC1. The zero-order chi connectivity index (χ0) is 18.5. The van der Waals surface area contributed by atoms with Gasteiger partial charge in [0.05, 0.1) is 5.69 Å². The number of rotatable bonds is 5. The minimum Gasteiger partial charge on any atom is -0.366 e. The monoisotopic (exact) mass is 359 g/mol. The Morgan fingerprint density at radius 2 is 1.52 bits per heavy atom. The molecule has 5 nitrogen and oxygen atoms in total. The quantitative estimate of drug-likeness (QED) is 0.755. The Labute approximate surface area is 160 Å². The predicted molar refractivity (Wildman–Crippen MR) is 111 cm³/mol. The van der Waals surface area contributed by atoms with E-state index in [2.05, 4.69) is 58.6 Å². The molecule has 4 rings (SSSR count). The van der Waals surface area contributed by atoms with Gasteiger partial charge in [0, 0.05) is 44.4 Å². The van der Waals surface area contributed by atoms with Crippen LogP contribution in [0.5, 0.6) is 0 Å². The molecule has 27 heavy (non-hydrogen) atoms. The summed E-state index contributed by atoms with van der Waals surface area (Å²) in [6.07, 6.45) is 0. The summed E-state index contributed by atoms with van der Waals surface area (Å²) in [5, 5.41) is 3.47. The van der Waals surface area contributed by atoms with Gasteiger partial charge in [0.2, 0.25) is 5.95 Å². The average Bonchev–Trinajstić information content (AvgIpc) is 2.74.